The molecule has 0 radical (unpaired) electrons. The van der Waals surface area contributed by atoms with Gasteiger partial charge in [-0.05, 0) is 92.9 Å². The second-order valence-corrected chi connectivity index (χ2v) is 11.0. The number of benzene rings is 1. The lowest BCUT2D eigenvalue weighted by Crippen LogP contribution is -2.42. The Bertz CT molecular complexity index is 1160. The van der Waals surface area contributed by atoms with Gasteiger partial charge in [0.15, 0.2) is 0 Å². The van der Waals surface area contributed by atoms with Crippen molar-refractivity contribution in [3.05, 3.63) is 52.8 Å². The summed E-state index contributed by atoms with van der Waals surface area (Å²) in [6.07, 6.45) is 2.40. The molecule has 0 atom stereocenters. The maximum absolute atomic E-state index is 4.58. The molecule has 3 heterocycles. The number of aromatic amines is 1. The van der Waals surface area contributed by atoms with E-state index in [0.29, 0.717) is 17.8 Å². The number of piperidine rings is 1. The number of hydrogen-bond acceptors (Lipinski definition) is 3. The molecule has 3 aromatic rings. The van der Waals surface area contributed by atoms with E-state index < -0.39 is 0 Å². The number of aryl methyl sites for hydroxylation is 2. The first-order chi connectivity index (χ1) is 17.7. The van der Waals surface area contributed by atoms with Gasteiger partial charge < -0.3 is 10.3 Å². The van der Waals surface area contributed by atoms with Gasteiger partial charge in [-0.1, -0.05) is 47.6 Å². The van der Waals surface area contributed by atoms with Crippen LogP contribution >= 0.6 is 0 Å². The van der Waals surface area contributed by atoms with E-state index in [1.165, 1.54) is 46.1 Å². The van der Waals surface area contributed by atoms with Crippen molar-refractivity contribution < 1.29 is 0 Å². The molecule has 1 aromatic carbocycles. The number of likely N-dealkylation sites (tertiary alicyclic amines) is 1. The van der Waals surface area contributed by atoms with Crippen molar-refractivity contribution in [3.63, 3.8) is 0 Å². The molecule has 2 N–H and O–H groups in total. The van der Waals surface area contributed by atoms with Gasteiger partial charge in [0.2, 0.25) is 0 Å². The number of fused-ring (bicyclic) bond motifs is 1. The number of rotatable bonds is 7. The third-order valence-corrected chi connectivity index (χ3v) is 7.23. The van der Waals surface area contributed by atoms with Crippen molar-refractivity contribution in [1.29, 1.82) is 0 Å². The van der Waals surface area contributed by atoms with Crippen LogP contribution in [-0.2, 0) is 0 Å². The minimum atomic E-state index is 0.440. The first-order valence-corrected chi connectivity index (χ1v) is 14.3. The molecule has 0 saturated carbocycles. The van der Waals surface area contributed by atoms with E-state index in [4.69, 9.17) is 0 Å². The average Bonchev–Trinajstić information content (AvgIpc) is 3.27. The van der Waals surface area contributed by atoms with Gasteiger partial charge in [-0.25, -0.2) is 0 Å². The molecule has 1 saturated heterocycles. The third kappa shape index (κ3) is 7.22. The number of amidine groups is 1. The van der Waals surface area contributed by atoms with Crippen LogP contribution in [0.15, 0.2) is 35.3 Å². The van der Waals surface area contributed by atoms with Gasteiger partial charge in [-0.2, -0.15) is 0 Å². The number of nitrogens with zero attached hydrogens (tertiary/aromatic N) is 3. The van der Waals surface area contributed by atoms with Crippen LogP contribution in [0.25, 0.3) is 22.2 Å². The second kappa shape index (κ2) is 13.2. The maximum atomic E-state index is 4.58. The molecular formula is C32H49N5. The summed E-state index contributed by atoms with van der Waals surface area (Å²) in [7, 11) is 1.90. The monoisotopic (exact) mass is 503 g/mol. The summed E-state index contributed by atoms with van der Waals surface area (Å²) in [4.78, 5) is 15.4. The lowest BCUT2D eigenvalue weighted by Gasteiger charge is -2.32. The zero-order valence-electron chi connectivity index (χ0n) is 24.7. The Morgan fingerprint density at radius 2 is 1.70 bits per heavy atom. The van der Waals surface area contributed by atoms with Gasteiger partial charge >= 0.3 is 0 Å². The fourth-order valence-electron chi connectivity index (χ4n) is 5.45. The molecule has 0 amide bonds. The van der Waals surface area contributed by atoms with E-state index in [1.807, 2.05) is 20.9 Å². The van der Waals surface area contributed by atoms with Crippen molar-refractivity contribution in [2.75, 3.05) is 33.2 Å². The highest BCUT2D eigenvalue weighted by Crippen LogP contribution is 2.38. The van der Waals surface area contributed by atoms with Crippen LogP contribution in [0.1, 0.15) is 88.7 Å². The third-order valence-electron chi connectivity index (χ3n) is 7.23. The molecule has 0 unspecified atom stereocenters. The predicted molar refractivity (Wildman–Crippen MR) is 161 cm³/mol. The number of hydrogen-bond donors (Lipinski definition) is 2. The molecular weight excluding hydrogens is 454 g/mol. The SMILES string of the molecule is CC.CN=C(CN1CCC(c2ccc3[nH]c(-c4cc(C)nc(C)c4)c(C(C)C)c3c2)CC1)NCC(C)C. The zero-order valence-corrected chi connectivity index (χ0v) is 24.7. The molecule has 2 aromatic heterocycles. The normalized spacial score (nSPS) is 15.4. The van der Waals surface area contributed by atoms with Crippen molar-refractivity contribution >= 4 is 16.7 Å². The standard InChI is InChI=1S/C30H43N5.C2H6/c1-19(2)17-32-28(31-7)18-35-12-10-23(11-13-35)24-8-9-27-26(16-24)29(20(3)4)30(34-27)25-14-21(5)33-22(6)15-25;1-2/h8-9,14-16,19-20,23,34H,10-13,17-18H2,1-7H3,(H,31,32);1-2H3. The summed E-state index contributed by atoms with van der Waals surface area (Å²) in [5, 5.41) is 4.89. The highest BCUT2D eigenvalue weighted by Gasteiger charge is 2.23. The van der Waals surface area contributed by atoms with Gasteiger partial charge in [0.05, 0.1) is 12.2 Å². The topological polar surface area (TPSA) is 56.3 Å². The van der Waals surface area contributed by atoms with Gasteiger partial charge in [0.1, 0.15) is 5.84 Å². The largest absolute Gasteiger partial charge is 0.373 e. The van der Waals surface area contributed by atoms with Crippen LogP contribution in [-0.4, -0.2) is 53.9 Å². The second-order valence-electron chi connectivity index (χ2n) is 11.0. The molecule has 5 heteroatoms. The minimum absolute atomic E-state index is 0.440. The Balaban J connectivity index is 0.00000186. The molecule has 1 fully saturated rings. The van der Waals surface area contributed by atoms with Crippen molar-refractivity contribution in [2.24, 2.45) is 10.9 Å². The molecule has 0 spiro atoms. The highest BCUT2D eigenvalue weighted by atomic mass is 15.2. The molecule has 202 valence electrons. The number of pyridine rings is 1. The Kier molecular flexibility index (Phi) is 10.3. The van der Waals surface area contributed by atoms with Gasteiger partial charge in [0, 0.05) is 41.4 Å². The smallest absolute Gasteiger partial charge is 0.110 e. The molecule has 0 bridgehead atoms. The van der Waals surface area contributed by atoms with Gasteiger partial charge in [-0.15, -0.1) is 0 Å². The molecule has 4 rings (SSSR count). The molecule has 5 nitrogen and oxygen atoms in total. The van der Waals surface area contributed by atoms with E-state index in [9.17, 15) is 0 Å². The van der Waals surface area contributed by atoms with E-state index in [-0.39, 0.29) is 0 Å². The summed E-state index contributed by atoms with van der Waals surface area (Å²) < 4.78 is 0. The summed E-state index contributed by atoms with van der Waals surface area (Å²) in [5.74, 6) is 2.80. The number of nitrogens with one attached hydrogen (secondary N) is 2. The quantitative estimate of drug-likeness (QED) is 0.260. The predicted octanol–water partition coefficient (Wildman–Crippen LogP) is 7.45. The van der Waals surface area contributed by atoms with E-state index >= 15 is 0 Å². The van der Waals surface area contributed by atoms with Crippen molar-refractivity contribution in [1.82, 2.24) is 20.2 Å². The number of H-pyrrole nitrogens is 1. The van der Waals surface area contributed by atoms with Crippen molar-refractivity contribution in [3.8, 4) is 11.3 Å². The Labute approximate surface area is 225 Å². The Hall–Kier alpha value is -2.66. The molecule has 1 aliphatic rings. The average molecular weight is 504 g/mol. The number of aliphatic imine (C=N–C) groups is 1. The van der Waals surface area contributed by atoms with Crippen LogP contribution < -0.4 is 5.32 Å². The van der Waals surface area contributed by atoms with Crippen LogP contribution in [0, 0.1) is 19.8 Å². The van der Waals surface area contributed by atoms with Crippen molar-refractivity contribution in [2.45, 2.75) is 80.1 Å². The molecule has 37 heavy (non-hydrogen) atoms. The zero-order chi connectivity index (χ0) is 27.1. The summed E-state index contributed by atoms with van der Waals surface area (Å²) in [6, 6.07) is 11.5. The summed E-state index contributed by atoms with van der Waals surface area (Å²) in [5.41, 5.74) is 8.75. The Morgan fingerprint density at radius 1 is 1.05 bits per heavy atom. The molecule has 1 aliphatic heterocycles. The van der Waals surface area contributed by atoms with Gasteiger partial charge in [-0.3, -0.25) is 14.9 Å². The van der Waals surface area contributed by atoms with Crippen LogP contribution in [0.5, 0.6) is 0 Å². The number of aromatic nitrogens is 2. The van der Waals surface area contributed by atoms with Crippen LogP contribution in [0.2, 0.25) is 0 Å². The van der Waals surface area contributed by atoms with E-state index in [1.54, 1.807) is 0 Å². The maximum Gasteiger partial charge on any atom is 0.110 e. The summed E-state index contributed by atoms with van der Waals surface area (Å²) >= 11 is 0. The Morgan fingerprint density at radius 3 is 2.27 bits per heavy atom. The van der Waals surface area contributed by atoms with Crippen LogP contribution in [0.4, 0.5) is 0 Å². The molecule has 0 aliphatic carbocycles. The first kappa shape index (κ1) is 28.9. The lowest BCUT2D eigenvalue weighted by molar-refractivity contribution is 0.237. The fraction of sp³-hybridized carbons (Fsp3) is 0.562. The van der Waals surface area contributed by atoms with Crippen LogP contribution in [0.3, 0.4) is 0 Å². The first-order valence-electron chi connectivity index (χ1n) is 14.3. The summed E-state index contributed by atoms with van der Waals surface area (Å²) in [6.45, 7) is 21.4. The lowest BCUT2D eigenvalue weighted by atomic mass is 9.87. The fourth-order valence-corrected chi connectivity index (χ4v) is 5.45. The van der Waals surface area contributed by atoms with E-state index in [2.05, 4.69) is 97.1 Å². The van der Waals surface area contributed by atoms with E-state index in [0.717, 1.165) is 43.4 Å². The minimum Gasteiger partial charge on any atom is -0.373 e. The highest BCUT2D eigenvalue weighted by molar-refractivity contribution is 5.92. The van der Waals surface area contributed by atoms with Gasteiger partial charge in [0.25, 0.3) is 0 Å².